The minimum atomic E-state index is -1.00. The van der Waals surface area contributed by atoms with Crippen LogP contribution in [0.2, 0.25) is 0 Å². The molecule has 1 aromatic rings. The molecule has 2 rings (SSSR count). The molecule has 0 saturated carbocycles. The second kappa shape index (κ2) is 6.86. The van der Waals surface area contributed by atoms with Crippen LogP contribution < -0.4 is 5.32 Å². The third kappa shape index (κ3) is 4.20. The van der Waals surface area contributed by atoms with Crippen LogP contribution in [-0.2, 0) is 14.3 Å². The number of hydrogen-bond donors (Lipinski definition) is 2. The molecule has 1 aliphatic rings. The predicted octanol–water partition coefficient (Wildman–Crippen LogP) is 2.15. The van der Waals surface area contributed by atoms with Gasteiger partial charge in [-0.15, -0.1) is 0 Å². The lowest BCUT2D eigenvalue weighted by Crippen LogP contribution is -2.30. The maximum Gasteiger partial charge on any atom is 0.328 e. The van der Waals surface area contributed by atoms with Crippen molar-refractivity contribution in [3.8, 4) is 0 Å². The van der Waals surface area contributed by atoms with Crippen molar-refractivity contribution in [2.45, 2.75) is 12.8 Å². The molecule has 1 unspecified atom stereocenters. The van der Waals surface area contributed by atoms with Gasteiger partial charge in [0.2, 0.25) is 5.91 Å². The van der Waals surface area contributed by atoms with Crippen LogP contribution in [0.3, 0.4) is 0 Å². The quantitative estimate of drug-likeness (QED) is 0.826. The zero-order valence-corrected chi connectivity index (χ0v) is 11.0. The monoisotopic (exact) mass is 275 g/mol. The fourth-order valence-electron chi connectivity index (χ4n) is 2.08. The molecular weight excluding hydrogens is 258 g/mol. The fourth-order valence-corrected chi connectivity index (χ4v) is 2.08. The molecule has 1 aliphatic heterocycles. The van der Waals surface area contributed by atoms with Gasteiger partial charge in [0.15, 0.2) is 0 Å². The Hall–Kier alpha value is -2.14. The fraction of sp³-hybridized carbons (Fsp3) is 0.333. The Bertz CT molecular complexity index is 518. The van der Waals surface area contributed by atoms with E-state index in [1.54, 1.807) is 24.3 Å². The largest absolute Gasteiger partial charge is 0.478 e. The summed E-state index contributed by atoms with van der Waals surface area (Å²) in [7, 11) is 0. The Kier molecular flexibility index (Phi) is 4.90. The van der Waals surface area contributed by atoms with E-state index in [2.05, 4.69) is 5.32 Å². The van der Waals surface area contributed by atoms with Crippen LogP contribution in [0.4, 0.5) is 5.69 Å². The van der Waals surface area contributed by atoms with E-state index >= 15 is 0 Å². The number of carboxylic acids is 1. The van der Waals surface area contributed by atoms with E-state index in [0.717, 1.165) is 31.1 Å². The summed E-state index contributed by atoms with van der Waals surface area (Å²) in [5.41, 5.74) is 1.39. The molecule has 0 spiro atoms. The zero-order chi connectivity index (χ0) is 14.4. The molecule has 1 heterocycles. The lowest BCUT2D eigenvalue weighted by atomic mass is 10.0. The van der Waals surface area contributed by atoms with E-state index in [4.69, 9.17) is 9.84 Å². The molecule has 0 radical (unpaired) electrons. The summed E-state index contributed by atoms with van der Waals surface area (Å²) in [6.07, 6.45) is 4.29. The summed E-state index contributed by atoms with van der Waals surface area (Å²) in [6.45, 7) is 1.18. The van der Waals surface area contributed by atoms with Gasteiger partial charge >= 0.3 is 5.97 Å². The Labute approximate surface area is 117 Å². The second-order valence-electron chi connectivity index (χ2n) is 4.70. The molecule has 1 amide bonds. The number of benzene rings is 1. The Morgan fingerprint density at radius 3 is 2.95 bits per heavy atom. The van der Waals surface area contributed by atoms with Crippen LogP contribution in [0, 0.1) is 5.92 Å². The van der Waals surface area contributed by atoms with Gasteiger partial charge in [0.1, 0.15) is 0 Å². The number of nitrogens with one attached hydrogen (secondary N) is 1. The third-order valence-electron chi connectivity index (χ3n) is 3.10. The lowest BCUT2D eigenvalue weighted by molar-refractivity contribution is -0.131. The number of carboxylic acid groups (broad SMARTS) is 1. The minimum Gasteiger partial charge on any atom is -0.478 e. The number of ether oxygens (including phenoxy) is 1. The van der Waals surface area contributed by atoms with Crippen LogP contribution in [0.1, 0.15) is 18.4 Å². The van der Waals surface area contributed by atoms with Crippen LogP contribution in [0.25, 0.3) is 6.08 Å². The number of hydrogen-bond acceptors (Lipinski definition) is 3. The first kappa shape index (κ1) is 14.3. The van der Waals surface area contributed by atoms with Crippen molar-refractivity contribution in [2.75, 3.05) is 18.5 Å². The Morgan fingerprint density at radius 2 is 2.25 bits per heavy atom. The highest BCUT2D eigenvalue weighted by atomic mass is 16.5. The van der Waals surface area contributed by atoms with Crippen LogP contribution in [-0.4, -0.2) is 30.2 Å². The number of carbonyl (C=O) groups is 2. The van der Waals surface area contributed by atoms with Gasteiger partial charge in [-0.1, -0.05) is 12.1 Å². The van der Waals surface area contributed by atoms with Gasteiger partial charge in [-0.25, -0.2) is 4.79 Å². The summed E-state index contributed by atoms with van der Waals surface area (Å²) in [5.74, 6) is -1.16. The number of rotatable bonds is 4. The maximum absolute atomic E-state index is 12.0. The van der Waals surface area contributed by atoms with Gasteiger partial charge < -0.3 is 15.2 Å². The number of anilines is 1. The molecule has 1 atom stereocenters. The van der Waals surface area contributed by atoms with Crippen molar-refractivity contribution in [2.24, 2.45) is 5.92 Å². The van der Waals surface area contributed by atoms with Gasteiger partial charge in [-0.2, -0.15) is 0 Å². The first-order chi connectivity index (χ1) is 9.65. The molecule has 0 aromatic heterocycles. The van der Waals surface area contributed by atoms with Crippen molar-refractivity contribution in [3.05, 3.63) is 35.9 Å². The van der Waals surface area contributed by atoms with E-state index in [1.165, 1.54) is 6.08 Å². The molecule has 0 bridgehead atoms. The van der Waals surface area contributed by atoms with Crippen molar-refractivity contribution >= 4 is 23.6 Å². The standard InChI is InChI=1S/C15H17NO4/c17-14(18)7-6-11-3-1-5-13(9-11)16-15(19)12-4-2-8-20-10-12/h1,3,5-7,9,12H,2,4,8,10H2,(H,16,19)(H,17,18). The average Bonchev–Trinajstić information content (AvgIpc) is 2.46. The predicted molar refractivity (Wildman–Crippen MR) is 75.3 cm³/mol. The van der Waals surface area contributed by atoms with Crippen molar-refractivity contribution in [1.82, 2.24) is 0 Å². The van der Waals surface area contributed by atoms with Crippen molar-refractivity contribution < 1.29 is 19.4 Å². The SMILES string of the molecule is O=C(O)C=Cc1cccc(NC(=O)C2CCCOC2)c1. The van der Waals surface area contributed by atoms with E-state index in [1.807, 2.05) is 0 Å². The highest BCUT2D eigenvalue weighted by molar-refractivity contribution is 5.93. The second-order valence-corrected chi connectivity index (χ2v) is 4.70. The average molecular weight is 275 g/mol. The van der Waals surface area contributed by atoms with Gasteiger partial charge in [0.05, 0.1) is 12.5 Å². The summed E-state index contributed by atoms with van der Waals surface area (Å²) in [5, 5.41) is 11.4. The zero-order valence-electron chi connectivity index (χ0n) is 11.0. The number of carbonyl (C=O) groups excluding carboxylic acids is 1. The van der Waals surface area contributed by atoms with E-state index in [9.17, 15) is 9.59 Å². The summed E-state index contributed by atoms with van der Waals surface area (Å²) >= 11 is 0. The molecular formula is C15H17NO4. The van der Waals surface area contributed by atoms with Gasteiger partial charge in [0, 0.05) is 18.4 Å². The number of aliphatic carboxylic acids is 1. The molecule has 106 valence electrons. The Morgan fingerprint density at radius 1 is 1.40 bits per heavy atom. The van der Waals surface area contributed by atoms with Crippen LogP contribution in [0.15, 0.2) is 30.3 Å². The van der Waals surface area contributed by atoms with Crippen LogP contribution in [0.5, 0.6) is 0 Å². The number of amides is 1. The smallest absolute Gasteiger partial charge is 0.328 e. The Balaban J connectivity index is 2.00. The molecule has 2 N–H and O–H groups in total. The van der Waals surface area contributed by atoms with Gasteiger partial charge in [-0.05, 0) is 36.6 Å². The molecule has 5 nitrogen and oxygen atoms in total. The van der Waals surface area contributed by atoms with Crippen molar-refractivity contribution in [3.63, 3.8) is 0 Å². The molecule has 0 aliphatic carbocycles. The maximum atomic E-state index is 12.0. The van der Waals surface area contributed by atoms with Crippen LogP contribution >= 0.6 is 0 Å². The normalized spacial score (nSPS) is 18.9. The topological polar surface area (TPSA) is 75.6 Å². The highest BCUT2D eigenvalue weighted by Gasteiger charge is 2.21. The molecule has 20 heavy (non-hydrogen) atoms. The van der Waals surface area contributed by atoms with E-state index in [0.29, 0.717) is 12.3 Å². The minimum absolute atomic E-state index is 0.0518. The molecule has 5 heteroatoms. The molecule has 1 fully saturated rings. The van der Waals surface area contributed by atoms with E-state index in [-0.39, 0.29) is 11.8 Å². The summed E-state index contributed by atoms with van der Waals surface area (Å²) < 4.78 is 5.29. The summed E-state index contributed by atoms with van der Waals surface area (Å²) in [4.78, 5) is 22.5. The molecule has 1 aromatic carbocycles. The van der Waals surface area contributed by atoms with Gasteiger partial charge in [0.25, 0.3) is 0 Å². The lowest BCUT2D eigenvalue weighted by Gasteiger charge is -2.21. The van der Waals surface area contributed by atoms with E-state index < -0.39 is 5.97 Å². The highest BCUT2D eigenvalue weighted by Crippen LogP contribution is 2.17. The first-order valence-electron chi connectivity index (χ1n) is 6.55. The molecule has 1 saturated heterocycles. The first-order valence-corrected chi connectivity index (χ1v) is 6.55. The van der Waals surface area contributed by atoms with Crippen molar-refractivity contribution in [1.29, 1.82) is 0 Å². The van der Waals surface area contributed by atoms with Gasteiger partial charge in [-0.3, -0.25) is 4.79 Å². The summed E-state index contributed by atoms with van der Waals surface area (Å²) in [6, 6.07) is 7.06. The third-order valence-corrected chi connectivity index (χ3v) is 3.10.